The van der Waals surface area contributed by atoms with E-state index in [-0.39, 0.29) is 11.0 Å². The van der Waals surface area contributed by atoms with E-state index in [1.54, 1.807) is 5.57 Å². The van der Waals surface area contributed by atoms with Crippen LogP contribution in [0.1, 0.15) is 65.7 Å². The van der Waals surface area contributed by atoms with Gasteiger partial charge in [-0.05, 0) is 151 Å². The summed E-state index contributed by atoms with van der Waals surface area (Å²) in [5.41, 5.74) is 2.13. The van der Waals surface area contributed by atoms with Crippen molar-refractivity contribution in [1.29, 1.82) is 0 Å². The third-order valence-electron chi connectivity index (χ3n) is 9.77. The van der Waals surface area contributed by atoms with Gasteiger partial charge in [0.05, 0.1) is 5.60 Å². The molecule has 0 aromatic heterocycles. The zero-order valence-electron chi connectivity index (χ0n) is 25.0. The lowest BCUT2D eigenvalue weighted by Gasteiger charge is -2.60. The Bertz CT molecular complexity index is 906. The van der Waals surface area contributed by atoms with Crippen LogP contribution in [0.5, 0.6) is 0 Å². The molecule has 4 aliphatic rings. The van der Waals surface area contributed by atoms with Crippen LogP contribution in [0.2, 0.25) is 58.9 Å². The minimum absolute atomic E-state index is 0.0427. The zero-order chi connectivity index (χ0) is 26.2. The second-order valence-corrected chi connectivity index (χ2v) is 29.1. The molecule has 0 aromatic rings. The van der Waals surface area contributed by atoms with Crippen LogP contribution in [-0.4, -0.2) is 30.6 Å². The van der Waals surface area contributed by atoms with Crippen LogP contribution in [0.4, 0.5) is 0 Å². The summed E-state index contributed by atoms with van der Waals surface area (Å²) in [6.07, 6.45) is 11.2. The summed E-state index contributed by atoms with van der Waals surface area (Å²) < 4.78 is 20.5. The predicted molar refractivity (Wildman–Crippen MR) is 156 cm³/mol. The first kappa shape index (κ1) is 27.7. The maximum absolute atomic E-state index is 6.99. The second kappa shape index (κ2) is 8.60. The summed E-state index contributed by atoms with van der Waals surface area (Å²) in [5.74, 6) is 4.53. The van der Waals surface area contributed by atoms with Gasteiger partial charge in [0.25, 0.3) is 0 Å². The van der Waals surface area contributed by atoms with E-state index in [0.717, 1.165) is 35.7 Å². The molecule has 0 saturated heterocycles. The van der Waals surface area contributed by atoms with Crippen LogP contribution in [0.25, 0.3) is 0 Å². The minimum Gasteiger partial charge on any atom is -0.542 e. The molecule has 4 rings (SSSR count). The highest BCUT2D eigenvalue weighted by molar-refractivity contribution is 6.71. The molecule has 6 heteroatoms. The molecule has 3 fully saturated rings. The number of fused-ring (bicyclic) bond motifs is 5. The average molecular weight is 535 g/mol. The number of rotatable bonds is 6. The SMILES string of the molecule is C[C@]12CC=C(O[Si](C)(C)C)C(O[Si](C)(C)C)=C1CC[C@@H]1[C@@H]2CC[C@@]2(C)[C@H]1CC[C@]2(C)O[Si](C)(C)C. The maximum atomic E-state index is 6.99. The van der Waals surface area contributed by atoms with Crippen molar-refractivity contribution in [3.63, 3.8) is 0 Å². The monoisotopic (exact) mass is 534 g/mol. The van der Waals surface area contributed by atoms with Crippen molar-refractivity contribution in [3.8, 4) is 0 Å². The summed E-state index contributed by atoms with van der Waals surface area (Å²) in [5, 5.41) is 0. The molecule has 200 valence electrons. The second-order valence-electron chi connectivity index (χ2n) is 15.8. The molecule has 0 radical (unpaired) electrons. The molecule has 0 aromatic carbocycles. The number of hydrogen-bond donors (Lipinski definition) is 0. The standard InChI is InChI=1S/C29H54O3Si3/c1-27-18-17-25(30-33(4,5)6)26(31-34(7,8)9)24(27)14-13-21-22(27)15-19-28(2)23(21)16-20-29(28,3)32-35(10,11)12/h17,21-23H,13-16,18-20H2,1-12H3/t21-,22+,23+,27-,28+,29+/m1/s1. The molecule has 0 heterocycles. The van der Waals surface area contributed by atoms with Gasteiger partial charge >= 0.3 is 0 Å². The summed E-state index contributed by atoms with van der Waals surface area (Å²) >= 11 is 0. The normalized spacial score (nSPS) is 40.0. The van der Waals surface area contributed by atoms with Gasteiger partial charge in [-0.2, -0.15) is 0 Å². The predicted octanol–water partition coefficient (Wildman–Crippen LogP) is 9.08. The topological polar surface area (TPSA) is 27.7 Å². The van der Waals surface area contributed by atoms with Crippen molar-refractivity contribution in [1.82, 2.24) is 0 Å². The molecule has 0 spiro atoms. The molecule has 0 bridgehead atoms. The van der Waals surface area contributed by atoms with Crippen molar-refractivity contribution in [3.05, 3.63) is 23.2 Å². The molecule has 35 heavy (non-hydrogen) atoms. The van der Waals surface area contributed by atoms with Crippen molar-refractivity contribution in [2.75, 3.05) is 0 Å². The van der Waals surface area contributed by atoms with E-state index in [1.807, 2.05) is 0 Å². The Hall–Kier alpha value is -0.309. The molecular weight excluding hydrogens is 481 g/mol. The van der Waals surface area contributed by atoms with Gasteiger partial charge in [0.1, 0.15) is 11.5 Å². The third kappa shape index (κ3) is 5.07. The molecule has 6 atom stereocenters. The smallest absolute Gasteiger partial charge is 0.242 e. The molecule has 4 aliphatic carbocycles. The fraction of sp³-hybridized carbons (Fsp3) is 0.862. The number of hydrogen-bond acceptors (Lipinski definition) is 3. The van der Waals surface area contributed by atoms with Gasteiger partial charge in [0.2, 0.25) is 16.6 Å². The molecular formula is C29H54O3Si3. The quantitative estimate of drug-likeness (QED) is 0.318. The molecule has 0 N–H and O–H groups in total. The lowest BCUT2D eigenvalue weighted by molar-refractivity contribution is -0.108. The molecule has 3 saturated carbocycles. The van der Waals surface area contributed by atoms with E-state index < -0.39 is 25.0 Å². The van der Waals surface area contributed by atoms with Crippen molar-refractivity contribution < 1.29 is 13.3 Å². The Kier molecular flexibility index (Phi) is 6.81. The molecule has 0 amide bonds. The molecule has 0 unspecified atom stereocenters. The summed E-state index contributed by atoms with van der Waals surface area (Å²) in [7, 11) is -5.09. The van der Waals surface area contributed by atoms with E-state index in [2.05, 4.69) is 85.8 Å². The Balaban J connectivity index is 1.68. The van der Waals surface area contributed by atoms with Crippen molar-refractivity contribution in [2.45, 2.75) is 130 Å². The van der Waals surface area contributed by atoms with Gasteiger partial charge in [-0.15, -0.1) is 0 Å². The van der Waals surface area contributed by atoms with Crippen LogP contribution in [-0.2, 0) is 13.3 Å². The summed E-state index contributed by atoms with van der Waals surface area (Å²) in [6.45, 7) is 28.5. The lowest BCUT2D eigenvalue weighted by atomic mass is 9.47. The largest absolute Gasteiger partial charge is 0.542 e. The van der Waals surface area contributed by atoms with Crippen LogP contribution in [0, 0.1) is 28.6 Å². The van der Waals surface area contributed by atoms with E-state index in [4.69, 9.17) is 13.3 Å². The van der Waals surface area contributed by atoms with E-state index in [9.17, 15) is 0 Å². The van der Waals surface area contributed by atoms with Gasteiger partial charge in [-0.25, -0.2) is 0 Å². The Labute approximate surface area is 219 Å². The van der Waals surface area contributed by atoms with Crippen LogP contribution >= 0.6 is 0 Å². The fourth-order valence-corrected chi connectivity index (χ4v) is 11.8. The molecule has 3 nitrogen and oxygen atoms in total. The van der Waals surface area contributed by atoms with E-state index >= 15 is 0 Å². The highest BCUT2D eigenvalue weighted by Crippen LogP contribution is 2.69. The highest BCUT2D eigenvalue weighted by atomic mass is 28.4. The van der Waals surface area contributed by atoms with E-state index in [0.29, 0.717) is 5.41 Å². The minimum atomic E-state index is -1.77. The lowest BCUT2D eigenvalue weighted by Crippen LogP contribution is -2.56. The van der Waals surface area contributed by atoms with Gasteiger partial charge in [0, 0.05) is 0 Å². The van der Waals surface area contributed by atoms with E-state index in [1.165, 1.54) is 38.5 Å². The Morgan fingerprint density at radius 3 is 1.91 bits per heavy atom. The first-order valence-electron chi connectivity index (χ1n) is 14.3. The number of allylic oxidation sites excluding steroid dienone is 2. The van der Waals surface area contributed by atoms with Gasteiger partial charge in [-0.3, -0.25) is 0 Å². The first-order valence-corrected chi connectivity index (χ1v) is 24.5. The van der Waals surface area contributed by atoms with Crippen LogP contribution in [0.15, 0.2) is 23.2 Å². The summed E-state index contributed by atoms with van der Waals surface area (Å²) in [6, 6.07) is 0. The van der Waals surface area contributed by atoms with Gasteiger partial charge in [-0.1, -0.05) is 13.8 Å². The Morgan fingerprint density at radius 1 is 0.743 bits per heavy atom. The zero-order valence-corrected chi connectivity index (χ0v) is 28.0. The fourth-order valence-electron chi connectivity index (χ4n) is 8.40. The first-order chi connectivity index (χ1) is 15.8. The Morgan fingerprint density at radius 2 is 1.34 bits per heavy atom. The highest BCUT2D eigenvalue weighted by Gasteiger charge is 2.64. The van der Waals surface area contributed by atoms with Crippen molar-refractivity contribution >= 4 is 25.0 Å². The van der Waals surface area contributed by atoms with Crippen molar-refractivity contribution in [2.24, 2.45) is 28.6 Å². The van der Waals surface area contributed by atoms with Crippen LogP contribution < -0.4 is 0 Å². The van der Waals surface area contributed by atoms with Crippen LogP contribution in [0.3, 0.4) is 0 Å². The summed E-state index contributed by atoms with van der Waals surface area (Å²) in [4.78, 5) is 0. The third-order valence-corrected chi connectivity index (χ3v) is 12.5. The van der Waals surface area contributed by atoms with Gasteiger partial charge < -0.3 is 13.3 Å². The molecule has 0 aliphatic heterocycles. The maximum Gasteiger partial charge on any atom is 0.242 e. The van der Waals surface area contributed by atoms with Gasteiger partial charge in [0.15, 0.2) is 8.32 Å². The average Bonchev–Trinajstić information content (AvgIpc) is 2.91.